The molecule has 2 N–H and O–H groups in total. The zero-order valence-corrected chi connectivity index (χ0v) is 11.4. The molecule has 5 heteroatoms. The molecule has 0 aliphatic heterocycles. The third-order valence-electron chi connectivity index (χ3n) is 3.21. The molecule has 0 fully saturated rings. The van der Waals surface area contributed by atoms with Crippen LogP contribution >= 0.6 is 0 Å². The van der Waals surface area contributed by atoms with Crippen molar-refractivity contribution in [2.45, 2.75) is 13.8 Å². The number of hydrogen-bond acceptors (Lipinski definition) is 4. The number of rotatable bonds is 2. The number of aromatic nitrogens is 4. The molecule has 20 heavy (non-hydrogen) atoms. The van der Waals surface area contributed by atoms with Crippen molar-refractivity contribution in [2.24, 2.45) is 0 Å². The Balaban J connectivity index is 2.18. The molecule has 0 bridgehead atoms. The molecule has 100 valence electrons. The van der Waals surface area contributed by atoms with Gasteiger partial charge in [-0.25, -0.2) is 0 Å². The lowest BCUT2D eigenvalue weighted by Gasteiger charge is -2.09. The molecule has 3 aromatic rings. The van der Waals surface area contributed by atoms with Crippen LogP contribution in [0.4, 0.5) is 5.69 Å². The van der Waals surface area contributed by atoms with E-state index in [0.717, 1.165) is 16.8 Å². The minimum atomic E-state index is 0.686. The molecule has 1 heterocycles. The Morgan fingerprint density at radius 2 is 1.90 bits per heavy atom. The summed E-state index contributed by atoms with van der Waals surface area (Å²) in [4.78, 5) is 0. The third kappa shape index (κ3) is 2.14. The van der Waals surface area contributed by atoms with Crippen molar-refractivity contribution in [3.63, 3.8) is 0 Å². The van der Waals surface area contributed by atoms with E-state index in [4.69, 9.17) is 5.73 Å². The summed E-state index contributed by atoms with van der Waals surface area (Å²) in [6.07, 6.45) is 0. The average Bonchev–Trinajstić information content (AvgIpc) is 2.90. The van der Waals surface area contributed by atoms with Gasteiger partial charge in [-0.1, -0.05) is 24.3 Å². The Morgan fingerprint density at radius 3 is 2.70 bits per heavy atom. The van der Waals surface area contributed by atoms with Crippen molar-refractivity contribution >= 4 is 5.69 Å². The molecule has 0 atom stereocenters. The summed E-state index contributed by atoms with van der Waals surface area (Å²) >= 11 is 0. The second-order valence-corrected chi connectivity index (χ2v) is 4.83. The van der Waals surface area contributed by atoms with Gasteiger partial charge >= 0.3 is 0 Å². The van der Waals surface area contributed by atoms with E-state index in [1.165, 1.54) is 5.56 Å². The van der Waals surface area contributed by atoms with E-state index >= 15 is 0 Å². The highest BCUT2D eigenvalue weighted by Gasteiger charge is 2.12. The third-order valence-corrected chi connectivity index (χ3v) is 3.21. The van der Waals surface area contributed by atoms with Gasteiger partial charge in [-0.15, -0.1) is 5.10 Å². The Kier molecular flexibility index (Phi) is 2.95. The quantitative estimate of drug-likeness (QED) is 0.723. The molecular formula is C15H15N5. The molecule has 2 aromatic carbocycles. The highest BCUT2D eigenvalue weighted by atomic mass is 15.5. The second-order valence-electron chi connectivity index (χ2n) is 4.83. The molecule has 1 aromatic heterocycles. The normalized spacial score (nSPS) is 10.7. The molecule has 0 saturated heterocycles. The number of aryl methyl sites for hydroxylation is 2. The Hall–Kier alpha value is -2.69. The standard InChI is InChI=1S/C15H15N5/c1-10-6-7-11(2)14(8-10)20-15(17-18-19-20)12-4-3-5-13(16)9-12/h3-9H,16H2,1-2H3. The van der Waals surface area contributed by atoms with Gasteiger partial charge in [0.25, 0.3) is 0 Å². The SMILES string of the molecule is Cc1ccc(C)c(-n2nnnc2-c2cccc(N)c2)c1. The number of nitrogens with two attached hydrogens (primary N) is 1. The van der Waals surface area contributed by atoms with Crippen LogP contribution in [-0.4, -0.2) is 20.2 Å². The largest absolute Gasteiger partial charge is 0.399 e. The predicted octanol–water partition coefficient (Wildman–Crippen LogP) is 2.53. The van der Waals surface area contributed by atoms with Crippen molar-refractivity contribution in [3.05, 3.63) is 53.6 Å². The van der Waals surface area contributed by atoms with Gasteiger partial charge < -0.3 is 5.73 Å². The van der Waals surface area contributed by atoms with Gasteiger partial charge in [0.2, 0.25) is 0 Å². The van der Waals surface area contributed by atoms with Crippen molar-refractivity contribution < 1.29 is 0 Å². The van der Waals surface area contributed by atoms with Gasteiger partial charge in [-0.3, -0.25) is 0 Å². The van der Waals surface area contributed by atoms with E-state index in [9.17, 15) is 0 Å². The van der Waals surface area contributed by atoms with E-state index in [2.05, 4.69) is 33.7 Å². The highest BCUT2D eigenvalue weighted by molar-refractivity contribution is 5.63. The lowest BCUT2D eigenvalue weighted by molar-refractivity contribution is 0.787. The molecule has 0 saturated carbocycles. The van der Waals surface area contributed by atoms with Crippen LogP contribution < -0.4 is 5.73 Å². The number of hydrogen-bond donors (Lipinski definition) is 1. The van der Waals surface area contributed by atoms with Gasteiger partial charge in [-0.05, 0) is 53.6 Å². The molecule has 5 nitrogen and oxygen atoms in total. The van der Waals surface area contributed by atoms with E-state index < -0.39 is 0 Å². The fraction of sp³-hybridized carbons (Fsp3) is 0.133. The summed E-state index contributed by atoms with van der Waals surface area (Å²) in [6, 6.07) is 13.8. The van der Waals surface area contributed by atoms with Gasteiger partial charge in [0.05, 0.1) is 5.69 Å². The molecule has 0 aliphatic rings. The topological polar surface area (TPSA) is 69.6 Å². The van der Waals surface area contributed by atoms with Crippen LogP contribution in [0.15, 0.2) is 42.5 Å². The average molecular weight is 265 g/mol. The van der Waals surface area contributed by atoms with Crippen LogP contribution in [0, 0.1) is 13.8 Å². The first-order valence-electron chi connectivity index (χ1n) is 6.37. The predicted molar refractivity (Wildman–Crippen MR) is 78.5 cm³/mol. The van der Waals surface area contributed by atoms with Gasteiger partial charge in [0.1, 0.15) is 0 Å². The number of benzene rings is 2. The Labute approximate surface area is 117 Å². The van der Waals surface area contributed by atoms with Gasteiger partial charge in [0.15, 0.2) is 5.82 Å². The van der Waals surface area contributed by atoms with Gasteiger partial charge in [0, 0.05) is 11.3 Å². The van der Waals surface area contributed by atoms with Crippen LogP contribution in [0.5, 0.6) is 0 Å². The monoisotopic (exact) mass is 265 g/mol. The Morgan fingerprint density at radius 1 is 1.05 bits per heavy atom. The molecular weight excluding hydrogens is 250 g/mol. The van der Waals surface area contributed by atoms with Crippen LogP contribution in [-0.2, 0) is 0 Å². The number of anilines is 1. The number of tetrazole rings is 1. The minimum absolute atomic E-state index is 0.686. The van der Waals surface area contributed by atoms with E-state index in [1.807, 2.05) is 38.1 Å². The fourth-order valence-electron chi connectivity index (χ4n) is 2.15. The van der Waals surface area contributed by atoms with Crippen molar-refractivity contribution in [3.8, 4) is 17.1 Å². The maximum Gasteiger partial charge on any atom is 0.187 e. The van der Waals surface area contributed by atoms with Crippen LogP contribution in [0.25, 0.3) is 17.1 Å². The minimum Gasteiger partial charge on any atom is -0.399 e. The summed E-state index contributed by atoms with van der Waals surface area (Å²) in [7, 11) is 0. The fourth-order valence-corrected chi connectivity index (χ4v) is 2.15. The second kappa shape index (κ2) is 4.77. The first-order chi connectivity index (χ1) is 9.65. The zero-order chi connectivity index (χ0) is 14.1. The van der Waals surface area contributed by atoms with E-state index in [0.29, 0.717) is 11.5 Å². The molecule has 0 amide bonds. The molecule has 0 aliphatic carbocycles. The summed E-state index contributed by atoms with van der Waals surface area (Å²) in [5.41, 5.74) is 10.7. The first kappa shape index (κ1) is 12.3. The molecule has 3 rings (SSSR count). The van der Waals surface area contributed by atoms with Crippen molar-refractivity contribution in [1.82, 2.24) is 20.2 Å². The maximum absolute atomic E-state index is 5.83. The van der Waals surface area contributed by atoms with Crippen LogP contribution in [0.1, 0.15) is 11.1 Å². The van der Waals surface area contributed by atoms with E-state index in [-0.39, 0.29) is 0 Å². The van der Waals surface area contributed by atoms with Gasteiger partial charge in [-0.2, -0.15) is 4.68 Å². The first-order valence-corrected chi connectivity index (χ1v) is 6.37. The summed E-state index contributed by atoms with van der Waals surface area (Å²) in [5.74, 6) is 0.686. The Bertz CT molecular complexity index is 760. The van der Waals surface area contributed by atoms with E-state index in [1.54, 1.807) is 4.68 Å². The number of nitrogen functional groups attached to an aromatic ring is 1. The lowest BCUT2D eigenvalue weighted by atomic mass is 10.1. The maximum atomic E-state index is 5.83. The highest BCUT2D eigenvalue weighted by Crippen LogP contribution is 2.23. The lowest BCUT2D eigenvalue weighted by Crippen LogP contribution is -2.02. The van der Waals surface area contributed by atoms with Crippen molar-refractivity contribution in [1.29, 1.82) is 0 Å². The summed E-state index contributed by atoms with van der Waals surface area (Å²) in [6.45, 7) is 4.09. The smallest absolute Gasteiger partial charge is 0.187 e. The summed E-state index contributed by atoms with van der Waals surface area (Å²) < 4.78 is 1.75. The molecule has 0 radical (unpaired) electrons. The zero-order valence-electron chi connectivity index (χ0n) is 11.4. The number of nitrogens with zero attached hydrogens (tertiary/aromatic N) is 4. The van der Waals surface area contributed by atoms with Crippen molar-refractivity contribution in [2.75, 3.05) is 5.73 Å². The summed E-state index contributed by atoms with van der Waals surface area (Å²) in [5, 5.41) is 12.0. The molecule has 0 unspecified atom stereocenters. The molecule has 0 spiro atoms. The van der Waals surface area contributed by atoms with Crippen LogP contribution in [0.3, 0.4) is 0 Å². The van der Waals surface area contributed by atoms with Crippen LogP contribution in [0.2, 0.25) is 0 Å².